The molecule has 0 aromatic rings. The van der Waals surface area contributed by atoms with Crippen molar-refractivity contribution in [3.05, 3.63) is 0 Å². The zero-order chi connectivity index (χ0) is 7.56. The molecule has 1 heterocycles. The van der Waals surface area contributed by atoms with Crippen LogP contribution in [0.1, 0.15) is 6.42 Å². The number of rotatable bonds is 2. The topological polar surface area (TPSA) is 55.6 Å². The Balaban J connectivity index is 2.28. The Morgan fingerprint density at radius 1 is 1.90 bits per heavy atom. The van der Waals surface area contributed by atoms with Gasteiger partial charge in [0.15, 0.2) is 0 Å². The maximum absolute atomic E-state index is 10.6. The first-order chi connectivity index (χ1) is 4.75. The van der Waals surface area contributed by atoms with Crippen molar-refractivity contribution in [2.45, 2.75) is 12.5 Å². The number of nitrogens with two attached hydrogens (primary N) is 1. The van der Waals surface area contributed by atoms with Crippen LogP contribution < -0.4 is 5.73 Å². The Bertz CT molecular complexity index is 138. The molecule has 2 amide bonds. The number of amides is 2. The van der Waals surface area contributed by atoms with Gasteiger partial charge in [-0.15, -0.1) is 0 Å². The van der Waals surface area contributed by atoms with Crippen LogP contribution in [0.3, 0.4) is 0 Å². The summed E-state index contributed by atoms with van der Waals surface area (Å²) in [5.74, 6) is 0. The van der Waals surface area contributed by atoms with Gasteiger partial charge < -0.3 is 15.4 Å². The molecule has 58 valence electrons. The molecule has 1 saturated heterocycles. The highest BCUT2D eigenvalue weighted by molar-refractivity contribution is 5.73. The second-order valence-corrected chi connectivity index (χ2v) is 2.43. The van der Waals surface area contributed by atoms with Crippen molar-refractivity contribution in [1.29, 1.82) is 0 Å². The van der Waals surface area contributed by atoms with Gasteiger partial charge in [-0.3, -0.25) is 0 Å². The molecule has 4 nitrogen and oxygen atoms in total. The van der Waals surface area contributed by atoms with Crippen LogP contribution in [0.25, 0.3) is 0 Å². The summed E-state index contributed by atoms with van der Waals surface area (Å²) in [6.07, 6.45) is 1.01. The first kappa shape index (κ1) is 7.34. The average Bonchev–Trinajstić information content (AvgIpc) is 1.78. The highest BCUT2D eigenvalue weighted by Gasteiger charge is 2.30. The van der Waals surface area contributed by atoms with Gasteiger partial charge in [-0.1, -0.05) is 0 Å². The van der Waals surface area contributed by atoms with Gasteiger partial charge >= 0.3 is 6.03 Å². The predicted molar refractivity (Wildman–Crippen MR) is 36.6 cm³/mol. The summed E-state index contributed by atoms with van der Waals surface area (Å²) in [6, 6.07) is -0.115. The normalized spacial score (nSPS) is 24.1. The van der Waals surface area contributed by atoms with Crippen LogP contribution >= 0.6 is 0 Å². The number of methoxy groups -OCH3 is 1. The van der Waals surface area contributed by atoms with Gasteiger partial charge in [0.25, 0.3) is 0 Å². The van der Waals surface area contributed by atoms with Crippen molar-refractivity contribution in [1.82, 2.24) is 4.90 Å². The zero-order valence-corrected chi connectivity index (χ0v) is 6.04. The van der Waals surface area contributed by atoms with E-state index in [0.29, 0.717) is 6.61 Å². The molecule has 1 unspecified atom stereocenters. The Hall–Kier alpha value is -0.770. The molecular formula is C6H12N2O2. The Labute approximate surface area is 59.9 Å². The fourth-order valence-electron chi connectivity index (χ4n) is 1.10. The minimum Gasteiger partial charge on any atom is -0.383 e. The molecule has 1 aliphatic rings. The van der Waals surface area contributed by atoms with Crippen molar-refractivity contribution in [2.24, 2.45) is 5.73 Å². The van der Waals surface area contributed by atoms with E-state index in [1.807, 2.05) is 0 Å². The summed E-state index contributed by atoms with van der Waals surface area (Å²) in [6.45, 7) is 1.38. The average molecular weight is 144 g/mol. The number of ether oxygens (including phenoxy) is 1. The van der Waals surface area contributed by atoms with E-state index in [4.69, 9.17) is 10.5 Å². The van der Waals surface area contributed by atoms with E-state index in [1.54, 1.807) is 12.0 Å². The van der Waals surface area contributed by atoms with Crippen molar-refractivity contribution in [2.75, 3.05) is 20.3 Å². The Morgan fingerprint density at radius 3 is 2.90 bits per heavy atom. The molecule has 10 heavy (non-hydrogen) atoms. The first-order valence-electron chi connectivity index (χ1n) is 3.30. The number of carbonyl (C=O) groups is 1. The standard InChI is InChI=1S/C6H12N2O2/c1-10-4-5-2-3-8(5)6(7)9/h5H,2-4H2,1H3,(H2,7,9). The lowest BCUT2D eigenvalue weighted by Crippen LogP contribution is -2.55. The summed E-state index contributed by atoms with van der Waals surface area (Å²) in [5, 5.41) is 0. The highest BCUT2D eigenvalue weighted by atomic mass is 16.5. The lowest BCUT2D eigenvalue weighted by Gasteiger charge is -2.39. The zero-order valence-electron chi connectivity index (χ0n) is 6.04. The monoisotopic (exact) mass is 144 g/mol. The van der Waals surface area contributed by atoms with E-state index in [9.17, 15) is 4.79 Å². The third-order valence-corrected chi connectivity index (χ3v) is 1.79. The minimum atomic E-state index is -0.340. The van der Waals surface area contributed by atoms with Gasteiger partial charge in [-0.2, -0.15) is 0 Å². The number of primary amides is 1. The van der Waals surface area contributed by atoms with Crippen molar-refractivity contribution in [3.8, 4) is 0 Å². The van der Waals surface area contributed by atoms with Gasteiger partial charge in [0, 0.05) is 13.7 Å². The molecule has 1 aliphatic heterocycles. The molecule has 1 fully saturated rings. The molecule has 0 spiro atoms. The summed E-state index contributed by atoms with van der Waals surface area (Å²) in [7, 11) is 1.62. The van der Waals surface area contributed by atoms with E-state index in [1.165, 1.54) is 0 Å². The van der Waals surface area contributed by atoms with Gasteiger partial charge in [0.2, 0.25) is 0 Å². The Morgan fingerprint density at radius 2 is 2.60 bits per heavy atom. The molecule has 0 aromatic heterocycles. The Kier molecular flexibility index (Phi) is 2.11. The molecule has 1 atom stereocenters. The number of likely N-dealkylation sites (tertiary alicyclic amines) is 1. The summed E-state index contributed by atoms with van der Waals surface area (Å²) >= 11 is 0. The van der Waals surface area contributed by atoms with Gasteiger partial charge in [-0.25, -0.2) is 4.79 Å². The highest BCUT2D eigenvalue weighted by Crippen LogP contribution is 2.15. The van der Waals surface area contributed by atoms with E-state index >= 15 is 0 Å². The molecular weight excluding hydrogens is 132 g/mol. The SMILES string of the molecule is COCC1CCN1C(N)=O. The van der Waals surface area contributed by atoms with Crippen LogP contribution in [-0.2, 0) is 4.74 Å². The number of hydrogen-bond acceptors (Lipinski definition) is 2. The van der Waals surface area contributed by atoms with Crippen LogP contribution in [0.15, 0.2) is 0 Å². The second-order valence-electron chi connectivity index (χ2n) is 2.43. The summed E-state index contributed by atoms with van der Waals surface area (Å²) in [4.78, 5) is 12.2. The smallest absolute Gasteiger partial charge is 0.315 e. The molecule has 0 bridgehead atoms. The van der Waals surface area contributed by atoms with E-state index in [-0.39, 0.29) is 12.1 Å². The second kappa shape index (κ2) is 2.88. The number of nitrogens with zero attached hydrogens (tertiary/aromatic N) is 1. The fourth-order valence-corrected chi connectivity index (χ4v) is 1.10. The van der Waals surface area contributed by atoms with Crippen LogP contribution in [-0.4, -0.2) is 37.2 Å². The van der Waals surface area contributed by atoms with Crippen molar-refractivity contribution in [3.63, 3.8) is 0 Å². The van der Waals surface area contributed by atoms with Crippen molar-refractivity contribution >= 4 is 6.03 Å². The van der Waals surface area contributed by atoms with Crippen LogP contribution in [0, 0.1) is 0 Å². The van der Waals surface area contributed by atoms with E-state index in [2.05, 4.69) is 0 Å². The van der Waals surface area contributed by atoms with Gasteiger partial charge in [0.1, 0.15) is 0 Å². The van der Waals surface area contributed by atoms with E-state index in [0.717, 1.165) is 13.0 Å². The molecule has 2 N–H and O–H groups in total. The minimum absolute atomic E-state index is 0.225. The number of urea groups is 1. The molecule has 1 rings (SSSR count). The molecule has 0 saturated carbocycles. The maximum atomic E-state index is 10.6. The quantitative estimate of drug-likeness (QED) is 0.582. The lowest BCUT2D eigenvalue weighted by atomic mass is 10.1. The fraction of sp³-hybridized carbons (Fsp3) is 0.833. The number of hydrogen-bond donors (Lipinski definition) is 1. The lowest BCUT2D eigenvalue weighted by molar-refractivity contribution is 0.0529. The van der Waals surface area contributed by atoms with Crippen molar-refractivity contribution < 1.29 is 9.53 Å². The molecule has 0 aliphatic carbocycles. The largest absolute Gasteiger partial charge is 0.383 e. The molecule has 0 aromatic carbocycles. The summed E-state index contributed by atoms with van der Waals surface area (Å²) < 4.78 is 4.88. The third-order valence-electron chi connectivity index (χ3n) is 1.79. The van der Waals surface area contributed by atoms with E-state index < -0.39 is 0 Å². The van der Waals surface area contributed by atoms with Crippen LogP contribution in [0.2, 0.25) is 0 Å². The maximum Gasteiger partial charge on any atom is 0.315 e. The van der Waals surface area contributed by atoms with Crippen LogP contribution in [0.4, 0.5) is 4.79 Å². The predicted octanol–water partition coefficient (Wildman–Crippen LogP) is -0.214. The summed E-state index contributed by atoms with van der Waals surface area (Å²) in [5.41, 5.74) is 5.05. The first-order valence-corrected chi connectivity index (χ1v) is 3.30. The van der Waals surface area contributed by atoms with Gasteiger partial charge in [0.05, 0.1) is 12.6 Å². The van der Waals surface area contributed by atoms with Crippen LogP contribution in [0.5, 0.6) is 0 Å². The van der Waals surface area contributed by atoms with Gasteiger partial charge in [-0.05, 0) is 6.42 Å². The third kappa shape index (κ3) is 1.21. The molecule has 4 heteroatoms. The number of carbonyl (C=O) groups excluding carboxylic acids is 1. The molecule has 0 radical (unpaired) electrons.